The lowest BCUT2D eigenvalue weighted by Gasteiger charge is -2.21. The van der Waals surface area contributed by atoms with E-state index in [9.17, 15) is 9.59 Å². The van der Waals surface area contributed by atoms with E-state index in [0.29, 0.717) is 18.1 Å². The summed E-state index contributed by atoms with van der Waals surface area (Å²) in [5.74, 6) is 0.507. The number of H-pyrrole nitrogens is 1. The third-order valence-corrected chi connectivity index (χ3v) is 4.92. The molecule has 0 atom stereocenters. The zero-order valence-electron chi connectivity index (χ0n) is 14.8. The van der Waals surface area contributed by atoms with Crippen LogP contribution in [0.4, 0.5) is 0 Å². The Balaban J connectivity index is 1.85. The van der Waals surface area contributed by atoms with Crippen LogP contribution in [0.25, 0.3) is 22.4 Å². The molecule has 1 amide bonds. The Morgan fingerprint density at radius 3 is 2.60 bits per heavy atom. The summed E-state index contributed by atoms with van der Waals surface area (Å²) in [7, 11) is 3.51. The molecule has 1 aliphatic heterocycles. The minimum Gasteiger partial charge on any atom is -0.350 e. The largest absolute Gasteiger partial charge is 0.350 e. The molecule has 25 heavy (non-hydrogen) atoms. The summed E-state index contributed by atoms with van der Waals surface area (Å²) in [6.07, 6.45) is 0.750. The SMILES string of the molecule is Cn1c(=O)n(C)c2cc(-c3nc4c([nH]3)CC(C)(C)CNC4=O)ccc21. The van der Waals surface area contributed by atoms with Crippen molar-refractivity contribution in [1.82, 2.24) is 24.4 Å². The second-order valence-corrected chi connectivity index (χ2v) is 7.54. The molecule has 3 heterocycles. The molecule has 7 heteroatoms. The van der Waals surface area contributed by atoms with Gasteiger partial charge in [0, 0.05) is 31.9 Å². The van der Waals surface area contributed by atoms with E-state index in [-0.39, 0.29) is 17.0 Å². The zero-order valence-corrected chi connectivity index (χ0v) is 14.8. The van der Waals surface area contributed by atoms with Crippen LogP contribution in [0, 0.1) is 5.41 Å². The number of imidazole rings is 2. The van der Waals surface area contributed by atoms with Crippen molar-refractivity contribution in [3.05, 3.63) is 40.1 Å². The van der Waals surface area contributed by atoms with Gasteiger partial charge in [0.25, 0.3) is 5.91 Å². The van der Waals surface area contributed by atoms with Crippen LogP contribution >= 0.6 is 0 Å². The number of carbonyl (C=O) groups excluding carboxylic acids is 1. The molecule has 7 nitrogen and oxygen atoms in total. The van der Waals surface area contributed by atoms with Gasteiger partial charge in [0.2, 0.25) is 0 Å². The summed E-state index contributed by atoms with van der Waals surface area (Å²) in [6, 6.07) is 5.75. The Hall–Kier alpha value is -2.83. The fraction of sp³-hybridized carbons (Fsp3) is 0.389. The summed E-state index contributed by atoms with van der Waals surface area (Å²) in [6.45, 7) is 4.87. The Morgan fingerprint density at radius 2 is 1.84 bits per heavy atom. The number of fused-ring (bicyclic) bond motifs is 2. The minimum atomic E-state index is -0.142. The molecule has 1 aromatic carbocycles. The van der Waals surface area contributed by atoms with Gasteiger partial charge >= 0.3 is 5.69 Å². The maximum atomic E-state index is 12.3. The Bertz CT molecular complexity index is 1070. The second kappa shape index (κ2) is 5.08. The lowest BCUT2D eigenvalue weighted by atomic mass is 9.88. The summed E-state index contributed by atoms with van der Waals surface area (Å²) in [5.41, 5.74) is 3.78. The van der Waals surface area contributed by atoms with Gasteiger partial charge in [-0.1, -0.05) is 13.8 Å². The topological polar surface area (TPSA) is 84.7 Å². The van der Waals surface area contributed by atoms with Gasteiger partial charge in [-0.3, -0.25) is 13.9 Å². The number of aryl methyl sites for hydroxylation is 2. The van der Waals surface area contributed by atoms with Gasteiger partial charge in [-0.05, 0) is 30.0 Å². The van der Waals surface area contributed by atoms with Crippen molar-refractivity contribution in [2.45, 2.75) is 20.3 Å². The fourth-order valence-corrected chi connectivity index (χ4v) is 3.46. The predicted octanol–water partition coefficient (Wildman–Crippen LogP) is 1.58. The molecule has 130 valence electrons. The maximum Gasteiger partial charge on any atom is 0.328 e. The van der Waals surface area contributed by atoms with Crippen LogP contribution in [-0.4, -0.2) is 31.6 Å². The van der Waals surface area contributed by atoms with Gasteiger partial charge in [-0.2, -0.15) is 0 Å². The van der Waals surface area contributed by atoms with Crippen LogP contribution in [0.5, 0.6) is 0 Å². The molecule has 0 bridgehead atoms. The van der Waals surface area contributed by atoms with Crippen molar-refractivity contribution in [2.24, 2.45) is 19.5 Å². The number of benzene rings is 1. The number of hydrogen-bond donors (Lipinski definition) is 2. The average molecular weight is 339 g/mol. The first-order valence-corrected chi connectivity index (χ1v) is 8.30. The third kappa shape index (κ3) is 2.38. The highest BCUT2D eigenvalue weighted by Gasteiger charge is 2.30. The molecule has 0 fully saturated rings. The lowest BCUT2D eigenvalue weighted by Crippen LogP contribution is -2.32. The van der Waals surface area contributed by atoms with Crippen LogP contribution in [0.2, 0.25) is 0 Å². The van der Waals surface area contributed by atoms with E-state index in [0.717, 1.165) is 28.7 Å². The number of aromatic nitrogens is 4. The number of rotatable bonds is 1. The van der Waals surface area contributed by atoms with Crippen LogP contribution in [-0.2, 0) is 20.5 Å². The molecule has 0 aliphatic carbocycles. The van der Waals surface area contributed by atoms with Crippen LogP contribution < -0.4 is 11.0 Å². The highest BCUT2D eigenvalue weighted by molar-refractivity contribution is 5.94. The molecule has 0 saturated heterocycles. The van der Waals surface area contributed by atoms with Gasteiger partial charge in [0.05, 0.1) is 11.0 Å². The fourth-order valence-electron chi connectivity index (χ4n) is 3.46. The van der Waals surface area contributed by atoms with Gasteiger partial charge in [0.1, 0.15) is 11.5 Å². The summed E-state index contributed by atoms with van der Waals surface area (Å²) >= 11 is 0. The van der Waals surface area contributed by atoms with Gasteiger partial charge in [0.15, 0.2) is 0 Å². The summed E-state index contributed by atoms with van der Waals surface area (Å²) in [5, 5.41) is 2.94. The maximum absolute atomic E-state index is 12.3. The Kier molecular flexibility index (Phi) is 3.19. The zero-order chi connectivity index (χ0) is 17.9. The number of hydrogen-bond acceptors (Lipinski definition) is 3. The molecular weight excluding hydrogens is 318 g/mol. The predicted molar refractivity (Wildman–Crippen MR) is 95.6 cm³/mol. The summed E-state index contributed by atoms with van der Waals surface area (Å²) < 4.78 is 3.23. The monoisotopic (exact) mass is 339 g/mol. The first-order valence-electron chi connectivity index (χ1n) is 8.30. The number of carbonyl (C=O) groups is 1. The molecular formula is C18H21N5O2. The Morgan fingerprint density at radius 1 is 1.12 bits per heavy atom. The lowest BCUT2D eigenvalue weighted by molar-refractivity contribution is 0.0940. The van der Waals surface area contributed by atoms with E-state index < -0.39 is 0 Å². The minimum absolute atomic E-state index is 0.0298. The Labute approximate surface area is 144 Å². The molecule has 4 rings (SSSR count). The smallest absolute Gasteiger partial charge is 0.328 e. The first kappa shape index (κ1) is 15.7. The first-order chi connectivity index (χ1) is 11.8. The van der Waals surface area contributed by atoms with Crippen LogP contribution in [0.1, 0.15) is 30.0 Å². The molecule has 1 aliphatic rings. The normalized spacial score (nSPS) is 16.6. The number of nitrogens with one attached hydrogen (secondary N) is 2. The van der Waals surface area contributed by atoms with Gasteiger partial charge in [-0.15, -0.1) is 0 Å². The third-order valence-electron chi connectivity index (χ3n) is 4.92. The molecule has 0 saturated carbocycles. The average Bonchev–Trinajstić information content (AvgIpc) is 3.04. The van der Waals surface area contributed by atoms with E-state index >= 15 is 0 Å². The van der Waals surface area contributed by atoms with Crippen molar-refractivity contribution in [3.8, 4) is 11.4 Å². The van der Waals surface area contributed by atoms with E-state index in [4.69, 9.17) is 0 Å². The van der Waals surface area contributed by atoms with Crippen molar-refractivity contribution in [1.29, 1.82) is 0 Å². The standard InChI is InChI=1S/C18H21N5O2/c1-18(2)8-11-14(16(24)19-9-18)21-15(20-11)10-5-6-12-13(7-10)23(4)17(25)22(12)3/h5-7H,8-9H2,1-4H3,(H,19,24)(H,20,21). The molecule has 0 spiro atoms. The van der Waals surface area contributed by atoms with Crippen LogP contribution in [0.3, 0.4) is 0 Å². The second-order valence-electron chi connectivity index (χ2n) is 7.54. The molecule has 2 N–H and O–H groups in total. The highest BCUT2D eigenvalue weighted by atomic mass is 16.2. The van der Waals surface area contributed by atoms with E-state index in [1.807, 2.05) is 18.2 Å². The molecule has 0 unspecified atom stereocenters. The van der Waals surface area contributed by atoms with Gasteiger partial charge in [-0.25, -0.2) is 9.78 Å². The number of nitrogens with zero attached hydrogens (tertiary/aromatic N) is 3. The van der Waals surface area contributed by atoms with E-state index in [2.05, 4.69) is 29.1 Å². The quantitative estimate of drug-likeness (QED) is 0.706. The van der Waals surface area contributed by atoms with Crippen molar-refractivity contribution < 1.29 is 4.79 Å². The number of amides is 1. The van der Waals surface area contributed by atoms with Gasteiger partial charge < -0.3 is 10.3 Å². The van der Waals surface area contributed by atoms with Crippen LogP contribution in [0.15, 0.2) is 23.0 Å². The molecule has 3 aromatic rings. The van der Waals surface area contributed by atoms with Crippen molar-refractivity contribution in [3.63, 3.8) is 0 Å². The molecule has 2 aromatic heterocycles. The highest BCUT2D eigenvalue weighted by Crippen LogP contribution is 2.28. The van der Waals surface area contributed by atoms with E-state index in [1.165, 1.54) is 0 Å². The summed E-state index contributed by atoms with van der Waals surface area (Å²) in [4.78, 5) is 32.3. The van der Waals surface area contributed by atoms with Crippen molar-refractivity contribution in [2.75, 3.05) is 6.54 Å². The van der Waals surface area contributed by atoms with Crippen molar-refractivity contribution >= 4 is 16.9 Å². The van der Waals surface area contributed by atoms with E-state index in [1.54, 1.807) is 23.2 Å². The molecule has 0 radical (unpaired) electrons. The number of aromatic amines is 1.